The number of hydrogen-bond donors (Lipinski definition) is 0. The van der Waals surface area contributed by atoms with Crippen LogP contribution in [0.1, 0.15) is 12.7 Å². The van der Waals surface area contributed by atoms with E-state index in [1.165, 1.54) is 6.92 Å². The fourth-order valence-corrected chi connectivity index (χ4v) is 1.24. The summed E-state index contributed by atoms with van der Waals surface area (Å²) in [5, 5.41) is 0. The average Bonchev–Trinajstić information content (AvgIpc) is 2.67. The molecule has 76 valence electrons. The monoisotopic (exact) mass is 202 g/mol. The molecule has 0 radical (unpaired) electrons. The Morgan fingerprint density at radius 3 is 2.93 bits per heavy atom. The SMILES string of the molecule is CC(=O)Cc1cnc(-c2ccccn2)o1. The Balaban J connectivity index is 2.24. The van der Waals surface area contributed by atoms with E-state index in [1.54, 1.807) is 12.4 Å². The van der Waals surface area contributed by atoms with Gasteiger partial charge in [-0.1, -0.05) is 6.07 Å². The lowest BCUT2D eigenvalue weighted by Gasteiger charge is -1.92. The van der Waals surface area contributed by atoms with Crippen molar-refractivity contribution in [3.8, 4) is 11.6 Å². The molecular weight excluding hydrogens is 192 g/mol. The molecule has 0 aliphatic rings. The molecule has 2 rings (SSSR count). The second kappa shape index (κ2) is 4.04. The van der Waals surface area contributed by atoms with Gasteiger partial charge in [0.1, 0.15) is 17.2 Å². The van der Waals surface area contributed by atoms with Gasteiger partial charge in [0.15, 0.2) is 0 Å². The van der Waals surface area contributed by atoms with E-state index in [4.69, 9.17) is 4.42 Å². The Hall–Kier alpha value is -1.97. The quantitative estimate of drug-likeness (QED) is 0.762. The van der Waals surface area contributed by atoms with Crippen molar-refractivity contribution < 1.29 is 9.21 Å². The molecule has 0 aliphatic carbocycles. The highest BCUT2D eigenvalue weighted by molar-refractivity contribution is 5.77. The summed E-state index contributed by atoms with van der Waals surface area (Å²) in [6.45, 7) is 1.52. The van der Waals surface area contributed by atoms with Gasteiger partial charge in [-0.05, 0) is 19.1 Å². The zero-order valence-electron chi connectivity index (χ0n) is 8.30. The molecule has 0 fully saturated rings. The lowest BCUT2D eigenvalue weighted by atomic mass is 10.3. The van der Waals surface area contributed by atoms with E-state index in [-0.39, 0.29) is 12.2 Å². The molecule has 2 aromatic heterocycles. The van der Waals surface area contributed by atoms with Crippen LogP contribution in [0.25, 0.3) is 11.6 Å². The fraction of sp³-hybridized carbons (Fsp3) is 0.182. The van der Waals surface area contributed by atoms with Crippen molar-refractivity contribution in [2.45, 2.75) is 13.3 Å². The van der Waals surface area contributed by atoms with Crippen molar-refractivity contribution in [3.05, 3.63) is 36.4 Å². The Labute approximate surface area is 87.0 Å². The van der Waals surface area contributed by atoms with Crippen LogP contribution in [-0.2, 0) is 11.2 Å². The van der Waals surface area contributed by atoms with E-state index >= 15 is 0 Å². The second-order valence-corrected chi connectivity index (χ2v) is 3.23. The highest BCUT2D eigenvalue weighted by Gasteiger charge is 2.08. The maximum absolute atomic E-state index is 10.9. The van der Waals surface area contributed by atoms with Crippen molar-refractivity contribution in [2.24, 2.45) is 0 Å². The topological polar surface area (TPSA) is 56.0 Å². The molecule has 0 saturated carbocycles. The van der Waals surface area contributed by atoms with Crippen LogP contribution in [0.3, 0.4) is 0 Å². The summed E-state index contributed by atoms with van der Waals surface area (Å²) in [7, 11) is 0. The summed E-state index contributed by atoms with van der Waals surface area (Å²) in [6, 6.07) is 5.49. The van der Waals surface area contributed by atoms with Crippen molar-refractivity contribution >= 4 is 5.78 Å². The van der Waals surface area contributed by atoms with Gasteiger partial charge in [0.2, 0.25) is 5.89 Å². The molecule has 0 saturated heterocycles. The average molecular weight is 202 g/mol. The number of oxazole rings is 1. The number of hydrogen-bond acceptors (Lipinski definition) is 4. The molecule has 0 aliphatic heterocycles. The van der Waals surface area contributed by atoms with Gasteiger partial charge in [-0.15, -0.1) is 0 Å². The van der Waals surface area contributed by atoms with Gasteiger partial charge >= 0.3 is 0 Å². The normalized spacial score (nSPS) is 10.2. The Bertz CT molecular complexity index is 462. The maximum Gasteiger partial charge on any atom is 0.245 e. The number of pyridine rings is 1. The molecule has 4 heteroatoms. The van der Waals surface area contributed by atoms with Crippen LogP contribution in [0.2, 0.25) is 0 Å². The van der Waals surface area contributed by atoms with E-state index in [0.717, 1.165) is 0 Å². The van der Waals surface area contributed by atoms with Crippen LogP contribution in [-0.4, -0.2) is 15.8 Å². The number of rotatable bonds is 3. The van der Waals surface area contributed by atoms with Crippen LogP contribution in [0.4, 0.5) is 0 Å². The number of ketones is 1. The minimum atomic E-state index is 0.0544. The predicted octanol–water partition coefficient (Wildman–Crippen LogP) is 1.87. The van der Waals surface area contributed by atoms with Crippen LogP contribution in [0, 0.1) is 0 Å². The Kier molecular flexibility index (Phi) is 2.58. The summed E-state index contributed by atoms with van der Waals surface area (Å²) in [6.07, 6.45) is 3.51. The van der Waals surface area contributed by atoms with Crippen LogP contribution >= 0.6 is 0 Å². The third-order valence-electron chi connectivity index (χ3n) is 1.86. The van der Waals surface area contributed by atoms with Gasteiger partial charge in [0.05, 0.1) is 12.6 Å². The number of Topliss-reactive ketones (excluding diaryl/α,β-unsaturated/α-hetero) is 1. The van der Waals surface area contributed by atoms with Crippen molar-refractivity contribution in [2.75, 3.05) is 0 Å². The molecule has 2 heterocycles. The number of carbonyl (C=O) groups is 1. The first-order valence-corrected chi connectivity index (χ1v) is 4.61. The van der Waals surface area contributed by atoms with Gasteiger partial charge in [-0.2, -0.15) is 0 Å². The van der Waals surface area contributed by atoms with Gasteiger partial charge in [-0.25, -0.2) is 4.98 Å². The summed E-state index contributed by atoms with van der Waals surface area (Å²) in [5.41, 5.74) is 0.673. The lowest BCUT2D eigenvalue weighted by Crippen LogP contribution is -1.93. The van der Waals surface area contributed by atoms with E-state index < -0.39 is 0 Å². The minimum Gasteiger partial charge on any atom is -0.439 e. The van der Waals surface area contributed by atoms with Gasteiger partial charge in [0.25, 0.3) is 0 Å². The van der Waals surface area contributed by atoms with E-state index in [9.17, 15) is 4.79 Å². The molecule has 0 N–H and O–H groups in total. The molecule has 0 spiro atoms. The van der Waals surface area contributed by atoms with Crippen LogP contribution < -0.4 is 0 Å². The zero-order valence-corrected chi connectivity index (χ0v) is 8.30. The third-order valence-corrected chi connectivity index (χ3v) is 1.86. The van der Waals surface area contributed by atoms with Crippen LogP contribution in [0.15, 0.2) is 35.0 Å². The molecule has 4 nitrogen and oxygen atoms in total. The molecular formula is C11H10N2O2. The molecule has 0 atom stereocenters. The fourth-order valence-electron chi connectivity index (χ4n) is 1.24. The van der Waals surface area contributed by atoms with Gasteiger partial charge < -0.3 is 4.42 Å². The number of carbonyl (C=O) groups excluding carboxylic acids is 1. The van der Waals surface area contributed by atoms with E-state index in [1.807, 2.05) is 18.2 Å². The smallest absolute Gasteiger partial charge is 0.245 e. The largest absolute Gasteiger partial charge is 0.439 e. The summed E-state index contributed by atoms with van der Waals surface area (Å²) < 4.78 is 5.39. The first-order valence-electron chi connectivity index (χ1n) is 4.61. The summed E-state index contributed by atoms with van der Waals surface area (Å²) in [5.74, 6) is 1.08. The van der Waals surface area contributed by atoms with Crippen LogP contribution in [0.5, 0.6) is 0 Å². The highest BCUT2D eigenvalue weighted by atomic mass is 16.4. The molecule has 0 unspecified atom stereocenters. The van der Waals surface area contributed by atoms with Gasteiger partial charge in [0, 0.05) is 6.20 Å². The summed E-state index contributed by atoms with van der Waals surface area (Å²) >= 11 is 0. The molecule has 0 amide bonds. The highest BCUT2D eigenvalue weighted by Crippen LogP contribution is 2.16. The second-order valence-electron chi connectivity index (χ2n) is 3.23. The standard InChI is InChI=1S/C11H10N2O2/c1-8(14)6-9-7-13-11(15-9)10-4-2-3-5-12-10/h2-5,7H,6H2,1H3. The lowest BCUT2D eigenvalue weighted by molar-refractivity contribution is -0.116. The third kappa shape index (κ3) is 2.28. The van der Waals surface area contributed by atoms with Crippen molar-refractivity contribution in [3.63, 3.8) is 0 Å². The van der Waals surface area contributed by atoms with E-state index in [0.29, 0.717) is 17.3 Å². The summed E-state index contributed by atoms with van der Waals surface area (Å²) in [4.78, 5) is 19.0. The Morgan fingerprint density at radius 2 is 2.27 bits per heavy atom. The molecule has 15 heavy (non-hydrogen) atoms. The van der Waals surface area contributed by atoms with E-state index in [2.05, 4.69) is 9.97 Å². The number of aromatic nitrogens is 2. The number of nitrogens with zero attached hydrogens (tertiary/aromatic N) is 2. The Morgan fingerprint density at radius 1 is 1.40 bits per heavy atom. The van der Waals surface area contributed by atoms with Gasteiger partial charge in [-0.3, -0.25) is 9.78 Å². The minimum absolute atomic E-state index is 0.0544. The van der Waals surface area contributed by atoms with Crippen molar-refractivity contribution in [1.82, 2.24) is 9.97 Å². The molecule has 0 bridgehead atoms. The zero-order chi connectivity index (χ0) is 10.7. The maximum atomic E-state index is 10.9. The first-order chi connectivity index (χ1) is 7.25. The predicted molar refractivity (Wildman–Crippen MR) is 54.1 cm³/mol. The first kappa shape index (κ1) is 9.58. The van der Waals surface area contributed by atoms with Crippen molar-refractivity contribution in [1.29, 1.82) is 0 Å². The molecule has 2 aromatic rings. The molecule has 0 aromatic carbocycles.